The van der Waals surface area contributed by atoms with Gasteiger partial charge in [0.2, 0.25) is 0 Å². The van der Waals surface area contributed by atoms with Gasteiger partial charge in [0.1, 0.15) is 0 Å². The lowest BCUT2D eigenvalue weighted by atomic mass is 10.7. The highest BCUT2D eigenvalue weighted by Crippen LogP contribution is 1.63. The van der Waals surface area contributed by atoms with Crippen LogP contribution in [-0.4, -0.2) is 18.6 Å². The summed E-state index contributed by atoms with van der Waals surface area (Å²) in [7, 11) is 0. The number of hydrogen-bond acceptors (Lipinski definition) is 3. The molecule has 0 radical (unpaired) electrons. The number of hydrogen-bond donors (Lipinski definition) is 4. The number of carbonyl (C=O) groups excluding carboxylic acids is 2. The fourth-order valence-electron chi connectivity index (χ4n) is 0.344. The van der Waals surface area contributed by atoms with Gasteiger partial charge in [-0.25, -0.2) is 15.4 Å². The third-order valence-electron chi connectivity index (χ3n) is 0.695. The van der Waals surface area contributed by atoms with Gasteiger partial charge in [0.15, 0.2) is 0 Å². The molecule has 0 fully saturated rings. The summed E-state index contributed by atoms with van der Waals surface area (Å²) in [5, 5.41) is 4.25. The monoisotopic (exact) mass is 146 g/mol. The van der Waals surface area contributed by atoms with Crippen LogP contribution in [0.2, 0.25) is 0 Å². The summed E-state index contributed by atoms with van der Waals surface area (Å²) in [6.07, 6.45) is 0. The highest BCUT2D eigenvalue weighted by atomic mass is 16.2. The van der Waals surface area contributed by atoms with Gasteiger partial charge in [-0.15, -0.1) is 0 Å². The third-order valence-corrected chi connectivity index (χ3v) is 0.695. The van der Waals surface area contributed by atoms with Crippen LogP contribution in [0.4, 0.5) is 9.59 Å². The molecule has 58 valence electrons. The molecule has 6 heteroatoms. The van der Waals surface area contributed by atoms with E-state index in [-0.39, 0.29) is 0 Å². The number of nitrogens with one attached hydrogen (secondary N) is 3. The number of nitrogens with two attached hydrogens (primary N) is 1. The van der Waals surface area contributed by atoms with Gasteiger partial charge in [-0.05, 0) is 6.92 Å². The van der Waals surface area contributed by atoms with Crippen LogP contribution in [0.25, 0.3) is 0 Å². The van der Waals surface area contributed by atoms with E-state index in [1.54, 1.807) is 12.3 Å². The van der Waals surface area contributed by atoms with Crippen molar-refractivity contribution in [3.8, 4) is 0 Å². The zero-order chi connectivity index (χ0) is 7.98. The lowest BCUT2D eigenvalue weighted by Gasteiger charge is -2.01. The Labute approximate surface area is 58.1 Å². The molecule has 0 aromatic carbocycles. The van der Waals surface area contributed by atoms with Gasteiger partial charge in [0, 0.05) is 6.54 Å². The molecule has 0 bridgehead atoms. The van der Waals surface area contributed by atoms with Crippen LogP contribution in [0.1, 0.15) is 6.92 Å². The largest absolute Gasteiger partial charge is 0.338 e. The number of imide groups is 1. The first-order valence-electron chi connectivity index (χ1n) is 2.76. The van der Waals surface area contributed by atoms with E-state index in [4.69, 9.17) is 0 Å². The second-order valence-electron chi connectivity index (χ2n) is 1.46. The molecule has 0 saturated heterocycles. The minimum absolute atomic E-state index is 0.462. The van der Waals surface area contributed by atoms with Crippen molar-refractivity contribution in [3.63, 3.8) is 0 Å². The third kappa shape index (κ3) is 3.67. The van der Waals surface area contributed by atoms with Gasteiger partial charge in [-0.1, -0.05) is 0 Å². The summed E-state index contributed by atoms with van der Waals surface area (Å²) in [5.74, 6) is 4.67. The van der Waals surface area contributed by atoms with Crippen LogP contribution in [-0.2, 0) is 0 Å². The van der Waals surface area contributed by atoms with E-state index in [1.807, 2.05) is 5.32 Å². The van der Waals surface area contributed by atoms with Crippen molar-refractivity contribution >= 4 is 12.1 Å². The Kier molecular flexibility index (Phi) is 3.97. The van der Waals surface area contributed by atoms with Crippen molar-refractivity contribution in [1.82, 2.24) is 16.1 Å². The standard InChI is InChI=1S/C4H10N4O2/c1-2-6-3(9)7-4(10)8-5/h2,5H2,1H3,(H3,6,7,8,9,10). The molecular weight excluding hydrogens is 136 g/mol. The normalized spacial score (nSPS) is 8.20. The predicted octanol–water partition coefficient (Wildman–Crippen LogP) is -1.11. The number of hydrazine groups is 1. The molecule has 0 aromatic heterocycles. The average Bonchev–Trinajstić information content (AvgIpc) is 1.88. The second-order valence-corrected chi connectivity index (χ2v) is 1.46. The zero-order valence-corrected chi connectivity index (χ0v) is 5.60. The quantitative estimate of drug-likeness (QED) is 0.214. The molecule has 6 nitrogen and oxygen atoms in total. The van der Waals surface area contributed by atoms with Gasteiger partial charge in [-0.2, -0.15) is 0 Å². The molecule has 0 spiro atoms. The van der Waals surface area contributed by atoms with Crippen LogP contribution >= 0.6 is 0 Å². The van der Waals surface area contributed by atoms with Crippen molar-refractivity contribution in [2.75, 3.05) is 6.54 Å². The van der Waals surface area contributed by atoms with Crippen molar-refractivity contribution in [2.45, 2.75) is 6.92 Å². The predicted molar refractivity (Wildman–Crippen MR) is 34.9 cm³/mol. The minimum atomic E-state index is -0.731. The highest BCUT2D eigenvalue weighted by Gasteiger charge is 2.01. The van der Waals surface area contributed by atoms with Crippen LogP contribution in [0.5, 0.6) is 0 Å². The number of urea groups is 2. The molecule has 0 atom stereocenters. The van der Waals surface area contributed by atoms with Crippen molar-refractivity contribution in [2.24, 2.45) is 5.84 Å². The number of carbonyl (C=O) groups is 2. The van der Waals surface area contributed by atoms with Crippen LogP contribution in [0, 0.1) is 0 Å². The fourth-order valence-corrected chi connectivity index (χ4v) is 0.344. The summed E-state index contributed by atoms with van der Waals surface area (Å²) >= 11 is 0. The van der Waals surface area contributed by atoms with E-state index in [0.29, 0.717) is 6.54 Å². The van der Waals surface area contributed by atoms with E-state index >= 15 is 0 Å². The Bertz CT molecular complexity index is 135. The average molecular weight is 146 g/mol. The van der Waals surface area contributed by atoms with Crippen LogP contribution in [0.3, 0.4) is 0 Å². The maximum absolute atomic E-state index is 10.5. The Balaban J connectivity index is 3.47. The van der Waals surface area contributed by atoms with Gasteiger partial charge in [0.05, 0.1) is 0 Å². The van der Waals surface area contributed by atoms with Crippen molar-refractivity contribution < 1.29 is 9.59 Å². The molecule has 0 aliphatic rings. The molecule has 0 unspecified atom stereocenters. The summed E-state index contributed by atoms with van der Waals surface area (Å²) in [6, 6.07) is -1.29. The Morgan fingerprint density at radius 2 is 2.00 bits per heavy atom. The maximum atomic E-state index is 10.5. The SMILES string of the molecule is CCNC(=O)NC(=O)NN. The van der Waals surface area contributed by atoms with E-state index in [0.717, 1.165) is 0 Å². The molecule has 0 heterocycles. The summed E-state index contributed by atoms with van der Waals surface area (Å²) in [6.45, 7) is 2.20. The Morgan fingerprint density at radius 1 is 1.40 bits per heavy atom. The molecule has 0 aliphatic carbocycles. The topological polar surface area (TPSA) is 96.2 Å². The Hall–Kier alpha value is -1.30. The van der Waals surface area contributed by atoms with Gasteiger partial charge in [0.25, 0.3) is 0 Å². The summed E-state index contributed by atoms with van der Waals surface area (Å²) in [4.78, 5) is 20.8. The molecule has 5 N–H and O–H groups in total. The van der Waals surface area contributed by atoms with Gasteiger partial charge >= 0.3 is 12.1 Å². The molecular formula is C4H10N4O2. The van der Waals surface area contributed by atoms with E-state index < -0.39 is 12.1 Å². The van der Waals surface area contributed by atoms with Gasteiger partial charge < -0.3 is 5.32 Å². The second kappa shape index (κ2) is 4.57. The zero-order valence-electron chi connectivity index (χ0n) is 5.60. The van der Waals surface area contributed by atoms with E-state index in [9.17, 15) is 9.59 Å². The molecule has 0 rings (SSSR count). The molecule has 10 heavy (non-hydrogen) atoms. The fraction of sp³-hybridized carbons (Fsp3) is 0.500. The number of rotatable bonds is 1. The number of amides is 4. The molecule has 0 saturated carbocycles. The molecule has 0 aliphatic heterocycles. The lowest BCUT2D eigenvalue weighted by molar-refractivity contribution is 0.227. The smallest absolute Gasteiger partial charge is 0.336 e. The molecule has 0 aromatic rings. The first-order chi connectivity index (χ1) is 4.70. The van der Waals surface area contributed by atoms with Crippen molar-refractivity contribution in [1.29, 1.82) is 0 Å². The highest BCUT2D eigenvalue weighted by molar-refractivity contribution is 5.92. The minimum Gasteiger partial charge on any atom is -0.338 e. The maximum Gasteiger partial charge on any atom is 0.336 e. The first-order valence-corrected chi connectivity index (χ1v) is 2.76. The van der Waals surface area contributed by atoms with Crippen molar-refractivity contribution in [3.05, 3.63) is 0 Å². The van der Waals surface area contributed by atoms with E-state index in [2.05, 4.69) is 11.2 Å². The molecule has 4 amide bonds. The summed E-state index contributed by atoms with van der Waals surface area (Å²) in [5.41, 5.74) is 1.74. The first kappa shape index (κ1) is 8.70. The van der Waals surface area contributed by atoms with E-state index in [1.165, 1.54) is 0 Å². The lowest BCUT2D eigenvalue weighted by Crippen LogP contribution is -2.47. The summed E-state index contributed by atoms with van der Waals surface area (Å²) < 4.78 is 0. The van der Waals surface area contributed by atoms with Crippen LogP contribution < -0.4 is 21.9 Å². The van der Waals surface area contributed by atoms with Crippen LogP contribution in [0.15, 0.2) is 0 Å². The van der Waals surface area contributed by atoms with Gasteiger partial charge in [-0.3, -0.25) is 10.7 Å². The Morgan fingerprint density at radius 3 is 2.40 bits per heavy atom.